The Labute approximate surface area is 455 Å². The van der Waals surface area contributed by atoms with Gasteiger partial charge < -0.3 is 24.8 Å². The van der Waals surface area contributed by atoms with E-state index in [0.29, 0.717) is 90.6 Å². The first-order chi connectivity index (χ1) is 38.1. The van der Waals surface area contributed by atoms with E-state index in [4.69, 9.17) is 20.5 Å². The summed E-state index contributed by atoms with van der Waals surface area (Å²) in [6.45, 7) is 0. The largest absolute Gasteiger partial charge is 0.479 e. The number of benzene rings is 6. The Hall–Kier alpha value is -8.45. The fraction of sp³-hybridized carbons (Fsp3) is 0.263. The molecule has 15 nitrogen and oxygen atoms in total. The number of alkyl halides is 9. The highest BCUT2D eigenvalue weighted by atomic mass is 19.4. The molecule has 0 aliphatic heterocycles. The lowest BCUT2D eigenvalue weighted by Crippen LogP contribution is -2.47. The van der Waals surface area contributed by atoms with Crippen LogP contribution in [0.2, 0.25) is 0 Å². The molecule has 0 atom stereocenters. The Balaban J connectivity index is 0.000000166. The number of nitrogen functional groups attached to an aromatic ring is 1. The summed E-state index contributed by atoms with van der Waals surface area (Å²) in [6, 6.07) is 35.4. The van der Waals surface area contributed by atoms with Crippen LogP contribution in [-0.2, 0) is 53.0 Å². The van der Waals surface area contributed by atoms with Crippen LogP contribution in [0.3, 0.4) is 0 Å². The quantitative estimate of drug-likeness (QED) is 0.0247. The second-order valence-corrected chi connectivity index (χ2v) is 19.3. The number of nitrogens with two attached hydrogens (primary N) is 1. The number of carbonyl (C=O) groups is 4. The van der Waals surface area contributed by atoms with Gasteiger partial charge in [0.2, 0.25) is 11.8 Å². The van der Waals surface area contributed by atoms with Crippen LogP contribution in [0.4, 0.5) is 39.5 Å². The van der Waals surface area contributed by atoms with Gasteiger partial charge in [-0.05, 0) is 146 Å². The number of nitrogens with one attached hydrogen (secondary N) is 3. The van der Waals surface area contributed by atoms with Crippen molar-refractivity contribution in [3.63, 3.8) is 0 Å². The molecular formula is C57H51F9N6O9. The fourth-order valence-electron chi connectivity index (χ4n) is 7.67. The molecule has 1 aromatic heterocycles. The molecule has 426 valence electrons. The number of rotatable bonds is 12. The van der Waals surface area contributed by atoms with E-state index in [9.17, 15) is 68.9 Å². The van der Waals surface area contributed by atoms with E-state index in [1.54, 1.807) is 48.5 Å². The van der Waals surface area contributed by atoms with Crippen LogP contribution < -0.4 is 22.1 Å². The zero-order valence-corrected chi connectivity index (χ0v) is 42.4. The van der Waals surface area contributed by atoms with Crippen LogP contribution >= 0.6 is 0 Å². The molecule has 81 heavy (non-hydrogen) atoms. The highest BCUT2D eigenvalue weighted by Crippen LogP contribution is 2.45. The van der Waals surface area contributed by atoms with Gasteiger partial charge in [0.25, 0.3) is 17.7 Å². The molecule has 3 saturated carbocycles. The Morgan fingerprint density at radius 3 is 1.25 bits per heavy atom. The molecule has 24 heteroatoms. The van der Waals surface area contributed by atoms with Crippen molar-refractivity contribution in [2.75, 3.05) is 0 Å². The number of carbonyl (C=O) groups excluding carboxylic acids is 3. The third kappa shape index (κ3) is 16.3. The topological polar surface area (TPSA) is 250 Å². The fourth-order valence-corrected chi connectivity index (χ4v) is 7.67. The molecule has 9 N–H and O–H groups in total. The SMILES string of the molecule is NNC(=O)c1ccccc1Cc1ccc(C(F)(F)F)cc1.O=C(NNC(=O)C1(O)CC1)c1ccccc1Cc1ccc(C(F)(F)F)cc1.O=C(O)C1(O)CC1.OC1(c2nnc(-c3ccccc3Cc3ccc(C(F)(F)F)cc3)o2)CC1. The van der Waals surface area contributed by atoms with Crippen molar-refractivity contribution in [1.82, 2.24) is 26.5 Å². The summed E-state index contributed by atoms with van der Waals surface area (Å²) >= 11 is 0. The monoisotopic (exact) mass is 1130 g/mol. The first-order valence-corrected chi connectivity index (χ1v) is 24.7. The molecule has 3 fully saturated rings. The van der Waals surface area contributed by atoms with Gasteiger partial charge in [-0.15, -0.1) is 10.2 Å². The highest BCUT2D eigenvalue weighted by Gasteiger charge is 2.49. The number of aromatic nitrogens is 2. The Morgan fingerprint density at radius 1 is 0.494 bits per heavy atom. The lowest BCUT2D eigenvalue weighted by molar-refractivity contribution is -0.149. The maximum Gasteiger partial charge on any atom is 0.416 e. The highest BCUT2D eigenvalue weighted by molar-refractivity contribution is 5.98. The maximum absolute atomic E-state index is 12.7. The Kier molecular flexibility index (Phi) is 18.2. The van der Waals surface area contributed by atoms with E-state index in [1.807, 2.05) is 29.7 Å². The number of aliphatic carboxylic acids is 1. The molecule has 3 aliphatic carbocycles. The molecule has 6 aromatic carbocycles. The average Bonchev–Trinajstić information content (AvgIpc) is 4.54. The molecule has 0 unspecified atom stereocenters. The van der Waals surface area contributed by atoms with Crippen LogP contribution in [0, 0.1) is 0 Å². The summed E-state index contributed by atoms with van der Waals surface area (Å²) in [7, 11) is 0. The Bertz CT molecular complexity index is 3340. The van der Waals surface area contributed by atoms with Crippen LogP contribution in [-0.4, -0.2) is 65.5 Å². The van der Waals surface area contributed by atoms with Crippen LogP contribution in [0.25, 0.3) is 11.5 Å². The molecule has 0 saturated heterocycles. The normalized spacial score (nSPS) is 15.1. The standard InChI is InChI=1S/C19H17F3N2O3.C19H15F3N2O2.C15H13F3N2O.C4H6O3/c20-19(21,22)14-7-5-12(6-8-14)11-13-3-1-2-4-15(13)16(25)23-24-17(26)18(27)9-10-18;20-19(21,22)14-7-5-12(6-8-14)11-13-3-1-2-4-15(13)16-23-24-17(26-16)18(25)9-10-18;16-15(17,18)12-7-5-10(6-8-12)9-11-3-1-2-4-13(11)14(21)20-19;5-3(6)4(7)1-2-4/h1-8,27H,9-11H2,(H,23,25)(H,24,26);1-8,25H,9-11H2;1-8H,9,19H2,(H,20,21);7H,1-2H2,(H,5,6). The summed E-state index contributed by atoms with van der Waals surface area (Å²) in [6.07, 6.45) is -9.35. The number of hydrogen-bond acceptors (Lipinski definition) is 11. The van der Waals surface area contributed by atoms with Gasteiger partial charge in [-0.3, -0.25) is 30.7 Å². The number of amides is 3. The van der Waals surface area contributed by atoms with Crippen molar-refractivity contribution in [1.29, 1.82) is 0 Å². The van der Waals surface area contributed by atoms with E-state index < -0.39 is 75.7 Å². The predicted octanol–water partition coefficient (Wildman–Crippen LogP) is 9.41. The third-order valence-corrected chi connectivity index (χ3v) is 13.0. The molecule has 10 rings (SSSR count). The van der Waals surface area contributed by atoms with Crippen molar-refractivity contribution in [3.8, 4) is 11.5 Å². The van der Waals surface area contributed by atoms with Gasteiger partial charge in [0.05, 0.1) is 16.7 Å². The summed E-state index contributed by atoms with van der Waals surface area (Å²) in [5.74, 6) is 2.84. The third-order valence-electron chi connectivity index (χ3n) is 13.0. The number of carboxylic acids is 1. The number of nitrogens with zero attached hydrogens (tertiary/aromatic N) is 2. The first kappa shape index (κ1) is 60.2. The molecule has 3 aliphatic rings. The van der Waals surface area contributed by atoms with E-state index in [0.717, 1.165) is 47.5 Å². The van der Waals surface area contributed by atoms with Gasteiger partial charge >= 0.3 is 24.5 Å². The second-order valence-electron chi connectivity index (χ2n) is 19.3. The van der Waals surface area contributed by atoms with Crippen LogP contribution in [0.15, 0.2) is 150 Å². The smallest absolute Gasteiger partial charge is 0.416 e. The predicted molar refractivity (Wildman–Crippen MR) is 272 cm³/mol. The number of halogens is 9. The number of carboxylic acid groups (broad SMARTS) is 1. The second kappa shape index (κ2) is 24.5. The molecule has 3 amide bonds. The number of aliphatic hydroxyl groups is 3. The lowest BCUT2D eigenvalue weighted by Gasteiger charge is -2.13. The van der Waals surface area contributed by atoms with Crippen molar-refractivity contribution in [2.45, 2.75) is 93.1 Å². The van der Waals surface area contributed by atoms with E-state index >= 15 is 0 Å². The zero-order chi connectivity index (χ0) is 59.0. The number of hydrogen-bond donors (Lipinski definition) is 8. The average molecular weight is 1140 g/mol. The first-order valence-electron chi connectivity index (χ1n) is 24.7. The van der Waals surface area contributed by atoms with Crippen molar-refractivity contribution >= 4 is 23.7 Å². The van der Waals surface area contributed by atoms with Crippen molar-refractivity contribution in [2.24, 2.45) is 5.84 Å². The zero-order valence-electron chi connectivity index (χ0n) is 42.4. The van der Waals surface area contributed by atoms with Gasteiger partial charge in [-0.2, -0.15) is 39.5 Å². The van der Waals surface area contributed by atoms with Crippen LogP contribution in [0.1, 0.15) is 115 Å². The number of hydrazine groups is 2. The molecular weight excluding hydrogens is 1080 g/mol. The summed E-state index contributed by atoms with van der Waals surface area (Å²) in [4.78, 5) is 45.5. The molecule has 1 heterocycles. The van der Waals surface area contributed by atoms with E-state index in [2.05, 4.69) is 21.0 Å². The summed E-state index contributed by atoms with van der Waals surface area (Å²) in [5.41, 5.74) is 6.19. The van der Waals surface area contributed by atoms with Gasteiger partial charge in [-0.1, -0.05) is 91.0 Å². The van der Waals surface area contributed by atoms with Crippen molar-refractivity contribution in [3.05, 3.63) is 213 Å². The minimum absolute atomic E-state index is 0.205. The summed E-state index contributed by atoms with van der Waals surface area (Å²) in [5, 5.41) is 44.3. The van der Waals surface area contributed by atoms with Crippen molar-refractivity contribution < 1.29 is 83.5 Å². The lowest BCUT2D eigenvalue weighted by atomic mass is 9.98. The minimum atomic E-state index is -4.40. The minimum Gasteiger partial charge on any atom is -0.479 e. The maximum atomic E-state index is 12.7. The molecule has 0 bridgehead atoms. The molecule has 7 aromatic rings. The molecule has 0 radical (unpaired) electrons. The van der Waals surface area contributed by atoms with Gasteiger partial charge in [0, 0.05) is 16.7 Å². The van der Waals surface area contributed by atoms with E-state index in [1.165, 1.54) is 36.4 Å². The van der Waals surface area contributed by atoms with Gasteiger partial charge in [0.15, 0.2) is 5.60 Å². The Morgan fingerprint density at radius 2 is 0.877 bits per heavy atom. The van der Waals surface area contributed by atoms with Gasteiger partial charge in [-0.25, -0.2) is 10.6 Å². The van der Waals surface area contributed by atoms with Gasteiger partial charge in [0.1, 0.15) is 11.2 Å². The van der Waals surface area contributed by atoms with E-state index in [-0.39, 0.29) is 17.9 Å². The summed E-state index contributed by atoms with van der Waals surface area (Å²) < 4.78 is 119. The van der Waals surface area contributed by atoms with Crippen LogP contribution in [0.5, 0.6) is 0 Å². The molecule has 0 spiro atoms.